The third-order valence-electron chi connectivity index (χ3n) is 3.48. The van der Waals surface area contributed by atoms with Gasteiger partial charge in [0.2, 0.25) is 0 Å². The summed E-state index contributed by atoms with van der Waals surface area (Å²) in [5.74, 6) is 1.70. The summed E-state index contributed by atoms with van der Waals surface area (Å²) in [6, 6.07) is 20.4. The Bertz CT molecular complexity index is 765. The van der Waals surface area contributed by atoms with E-state index < -0.39 is 0 Å². The summed E-state index contributed by atoms with van der Waals surface area (Å²) in [6.07, 6.45) is 2.05. The maximum Gasteiger partial charge on any atom is 0.135 e. The summed E-state index contributed by atoms with van der Waals surface area (Å²) in [6.45, 7) is 0.469. The van der Waals surface area contributed by atoms with Crippen molar-refractivity contribution in [2.24, 2.45) is 5.73 Å². The lowest BCUT2D eigenvalue weighted by atomic mass is 10.1. The van der Waals surface area contributed by atoms with Crippen molar-refractivity contribution >= 4 is 22.5 Å². The van der Waals surface area contributed by atoms with Gasteiger partial charge in [-0.1, -0.05) is 42.5 Å². The van der Waals surface area contributed by atoms with E-state index in [9.17, 15) is 0 Å². The van der Waals surface area contributed by atoms with Crippen LogP contribution in [0.5, 0.6) is 11.5 Å². The number of hydrogen-bond acceptors (Lipinski definition) is 3. The Balaban J connectivity index is 2.07. The highest BCUT2D eigenvalue weighted by molar-refractivity contribution is 7.98. The van der Waals surface area contributed by atoms with Crippen molar-refractivity contribution in [2.75, 3.05) is 6.26 Å². The molecule has 0 aliphatic carbocycles. The fourth-order valence-electron chi connectivity index (χ4n) is 2.44. The van der Waals surface area contributed by atoms with Crippen LogP contribution in [0.25, 0.3) is 10.8 Å². The van der Waals surface area contributed by atoms with E-state index in [-0.39, 0.29) is 0 Å². The zero-order chi connectivity index (χ0) is 14.7. The zero-order valence-corrected chi connectivity index (χ0v) is 12.7. The molecule has 0 aliphatic rings. The summed E-state index contributed by atoms with van der Waals surface area (Å²) in [5.41, 5.74) is 6.95. The van der Waals surface area contributed by atoms with Crippen molar-refractivity contribution in [3.8, 4) is 11.5 Å². The number of nitrogens with two attached hydrogens (primary N) is 1. The van der Waals surface area contributed by atoms with Gasteiger partial charge < -0.3 is 10.5 Å². The van der Waals surface area contributed by atoms with E-state index in [1.807, 2.05) is 36.4 Å². The normalized spacial score (nSPS) is 10.8. The molecule has 3 rings (SSSR count). The minimum Gasteiger partial charge on any atom is -0.456 e. The number of thioether (sulfide) groups is 1. The van der Waals surface area contributed by atoms with Crippen LogP contribution in [0.1, 0.15) is 5.56 Å². The average molecular weight is 295 g/mol. The minimum absolute atomic E-state index is 0.469. The maximum absolute atomic E-state index is 6.16. The van der Waals surface area contributed by atoms with Gasteiger partial charge in [0.15, 0.2) is 0 Å². The van der Waals surface area contributed by atoms with Gasteiger partial charge in [-0.2, -0.15) is 0 Å². The van der Waals surface area contributed by atoms with Gasteiger partial charge >= 0.3 is 0 Å². The van der Waals surface area contributed by atoms with Crippen LogP contribution in [0.3, 0.4) is 0 Å². The lowest BCUT2D eigenvalue weighted by molar-refractivity contribution is 0.480. The van der Waals surface area contributed by atoms with Crippen molar-refractivity contribution in [1.82, 2.24) is 0 Å². The fourth-order valence-corrected chi connectivity index (χ4v) is 3.08. The van der Waals surface area contributed by atoms with Crippen molar-refractivity contribution in [3.05, 3.63) is 66.2 Å². The van der Waals surface area contributed by atoms with E-state index in [1.165, 1.54) is 5.39 Å². The predicted octanol–water partition coefficient (Wildman–Crippen LogP) is 4.81. The molecule has 0 aliphatic heterocycles. The van der Waals surface area contributed by atoms with Gasteiger partial charge in [-0.25, -0.2) is 0 Å². The predicted molar refractivity (Wildman–Crippen MR) is 90.1 cm³/mol. The molecule has 0 fully saturated rings. The third-order valence-corrected chi connectivity index (χ3v) is 4.31. The molecule has 3 aromatic rings. The first kappa shape index (κ1) is 14.0. The molecule has 2 N–H and O–H groups in total. The molecule has 3 aromatic carbocycles. The molecule has 0 amide bonds. The lowest BCUT2D eigenvalue weighted by Crippen LogP contribution is -2.01. The zero-order valence-electron chi connectivity index (χ0n) is 11.9. The molecule has 0 unspecified atom stereocenters. The number of fused-ring (bicyclic) bond motifs is 1. The van der Waals surface area contributed by atoms with Crippen molar-refractivity contribution in [2.45, 2.75) is 11.4 Å². The van der Waals surface area contributed by atoms with Crippen molar-refractivity contribution in [3.63, 3.8) is 0 Å². The Kier molecular flexibility index (Phi) is 4.13. The molecule has 3 heteroatoms. The van der Waals surface area contributed by atoms with E-state index in [0.717, 1.165) is 27.3 Å². The van der Waals surface area contributed by atoms with Gasteiger partial charge in [-0.15, -0.1) is 11.8 Å². The topological polar surface area (TPSA) is 35.2 Å². The van der Waals surface area contributed by atoms with Gasteiger partial charge in [0.25, 0.3) is 0 Å². The van der Waals surface area contributed by atoms with Crippen LogP contribution in [-0.4, -0.2) is 6.26 Å². The molecule has 0 saturated heterocycles. The largest absolute Gasteiger partial charge is 0.456 e. The highest BCUT2D eigenvalue weighted by Gasteiger charge is 2.10. The van der Waals surface area contributed by atoms with E-state index in [1.54, 1.807) is 11.8 Å². The van der Waals surface area contributed by atoms with E-state index in [0.29, 0.717) is 6.54 Å². The molecule has 0 bridgehead atoms. The maximum atomic E-state index is 6.16. The SMILES string of the molecule is CSc1cccc(Oc2cccc3ccccc23)c1CN. The molecule has 0 radical (unpaired) electrons. The third kappa shape index (κ3) is 2.75. The second-order valence-corrected chi connectivity index (χ2v) is 5.57. The number of rotatable bonds is 4. The van der Waals surface area contributed by atoms with Gasteiger partial charge in [0, 0.05) is 22.4 Å². The standard InChI is InChI=1S/C18H17NOS/c1-21-18-11-5-10-17(15(18)12-19)20-16-9-4-7-13-6-2-3-8-14(13)16/h2-11H,12,19H2,1H3. The number of benzene rings is 3. The first-order valence-electron chi connectivity index (χ1n) is 6.85. The summed E-state index contributed by atoms with van der Waals surface area (Å²) in [4.78, 5) is 1.16. The molecule has 0 atom stereocenters. The van der Waals surface area contributed by atoms with Crippen LogP contribution >= 0.6 is 11.8 Å². The molecule has 106 valence electrons. The summed E-state index contributed by atoms with van der Waals surface area (Å²) >= 11 is 1.69. The van der Waals surface area contributed by atoms with Gasteiger partial charge in [-0.3, -0.25) is 0 Å². The Morgan fingerprint density at radius 2 is 1.62 bits per heavy atom. The van der Waals surface area contributed by atoms with Gasteiger partial charge in [0.05, 0.1) is 0 Å². The van der Waals surface area contributed by atoms with Crippen LogP contribution in [0.2, 0.25) is 0 Å². The Morgan fingerprint density at radius 1 is 0.905 bits per heavy atom. The molecular weight excluding hydrogens is 278 g/mol. The molecule has 0 heterocycles. The van der Waals surface area contributed by atoms with Crippen molar-refractivity contribution in [1.29, 1.82) is 0 Å². The second-order valence-electron chi connectivity index (χ2n) is 4.72. The Morgan fingerprint density at radius 3 is 2.43 bits per heavy atom. The van der Waals surface area contributed by atoms with E-state index in [4.69, 9.17) is 10.5 Å². The fraction of sp³-hybridized carbons (Fsp3) is 0.111. The molecule has 0 spiro atoms. The monoisotopic (exact) mass is 295 g/mol. The molecule has 2 nitrogen and oxygen atoms in total. The van der Waals surface area contributed by atoms with Crippen LogP contribution in [0.15, 0.2) is 65.6 Å². The number of hydrogen-bond donors (Lipinski definition) is 1. The Labute approximate surface area is 128 Å². The van der Waals surface area contributed by atoms with Crippen LogP contribution in [0.4, 0.5) is 0 Å². The molecule has 0 saturated carbocycles. The highest BCUT2D eigenvalue weighted by Crippen LogP contribution is 2.34. The average Bonchev–Trinajstić information content (AvgIpc) is 2.55. The van der Waals surface area contributed by atoms with Crippen LogP contribution in [0, 0.1) is 0 Å². The highest BCUT2D eigenvalue weighted by atomic mass is 32.2. The molecule has 21 heavy (non-hydrogen) atoms. The Hall–Kier alpha value is -1.97. The lowest BCUT2D eigenvalue weighted by Gasteiger charge is -2.14. The summed E-state index contributed by atoms with van der Waals surface area (Å²) in [5, 5.41) is 2.28. The van der Waals surface area contributed by atoms with Crippen LogP contribution < -0.4 is 10.5 Å². The minimum atomic E-state index is 0.469. The van der Waals surface area contributed by atoms with E-state index in [2.05, 4.69) is 30.5 Å². The van der Waals surface area contributed by atoms with Gasteiger partial charge in [0.1, 0.15) is 11.5 Å². The summed E-state index contributed by atoms with van der Waals surface area (Å²) in [7, 11) is 0. The quantitative estimate of drug-likeness (QED) is 0.701. The second kappa shape index (κ2) is 6.20. The molecular formula is C18H17NOS. The first-order valence-corrected chi connectivity index (χ1v) is 8.07. The van der Waals surface area contributed by atoms with E-state index >= 15 is 0 Å². The van der Waals surface area contributed by atoms with Crippen LogP contribution in [-0.2, 0) is 6.54 Å². The smallest absolute Gasteiger partial charge is 0.135 e. The summed E-state index contributed by atoms with van der Waals surface area (Å²) < 4.78 is 6.16. The van der Waals surface area contributed by atoms with Crippen molar-refractivity contribution < 1.29 is 4.74 Å². The number of ether oxygens (including phenoxy) is 1. The van der Waals surface area contributed by atoms with Gasteiger partial charge in [-0.05, 0) is 29.8 Å². The first-order chi connectivity index (χ1) is 10.3. The molecule has 0 aromatic heterocycles.